The van der Waals surface area contributed by atoms with Crippen molar-refractivity contribution in [3.63, 3.8) is 0 Å². The maximum Gasteiger partial charge on any atom is 0.573 e. The molecule has 1 unspecified atom stereocenters. The van der Waals surface area contributed by atoms with Gasteiger partial charge in [-0.1, -0.05) is 42.5 Å². The fraction of sp³-hybridized carbons (Fsp3) is 0.273. The predicted octanol–water partition coefficient (Wildman–Crippen LogP) is 3.55. The van der Waals surface area contributed by atoms with Crippen LogP contribution in [0.4, 0.5) is 13.2 Å². The first-order valence-corrected chi connectivity index (χ1v) is 9.79. The molecular formula is C22H21F3N4O2. The number of H-pyrrole nitrogens is 1. The van der Waals surface area contributed by atoms with Crippen molar-refractivity contribution in [2.45, 2.75) is 38.5 Å². The Kier molecular flexibility index (Phi) is 5.94. The number of fused-ring (bicyclic) bond motifs is 1. The first-order chi connectivity index (χ1) is 14.9. The Hall–Kier alpha value is -3.33. The molecule has 0 aliphatic carbocycles. The van der Waals surface area contributed by atoms with Gasteiger partial charge in [-0.2, -0.15) is 0 Å². The number of aromatic nitrogens is 2. The zero-order valence-electron chi connectivity index (χ0n) is 16.5. The number of carbonyl (C=O) groups is 1. The minimum atomic E-state index is -4.76. The number of nitrogens with one attached hydrogen (secondary N) is 2. The summed E-state index contributed by atoms with van der Waals surface area (Å²) in [5, 5.41) is 2.96. The van der Waals surface area contributed by atoms with Crippen LogP contribution >= 0.6 is 0 Å². The van der Waals surface area contributed by atoms with Crippen molar-refractivity contribution in [3.8, 4) is 5.75 Å². The lowest BCUT2D eigenvalue weighted by Crippen LogP contribution is -2.49. The van der Waals surface area contributed by atoms with E-state index in [-0.39, 0.29) is 18.2 Å². The molecule has 0 saturated carbocycles. The summed E-state index contributed by atoms with van der Waals surface area (Å²) >= 11 is 0. The van der Waals surface area contributed by atoms with Crippen LogP contribution < -0.4 is 10.1 Å². The third kappa shape index (κ3) is 5.43. The fourth-order valence-corrected chi connectivity index (χ4v) is 3.69. The van der Waals surface area contributed by atoms with Gasteiger partial charge in [-0.05, 0) is 23.3 Å². The molecule has 0 bridgehead atoms. The number of ether oxygens (including phenoxy) is 1. The van der Waals surface area contributed by atoms with Gasteiger partial charge in [0.25, 0.3) is 0 Å². The average molecular weight is 430 g/mol. The number of nitrogens with zero attached hydrogens (tertiary/aromatic N) is 2. The van der Waals surface area contributed by atoms with Crippen LogP contribution in [0.5, 0.6) is 5.75 Å². The van der Waals surface area contributed by atoms with Crippen LogP contribution in [0.2, 0.25) is 0 Å². The molecule has 2 aromatic carbocycles. The van der Waals surface area contributed by atoms with E-state index in [0.717, 1.165) is 17.0 Å². The van der Waals surface area contributed by atoms with Crippen molar-refractivity contribution in [2.24, 2.45) is 0 Å². The van der Waals surface area contributed by atoms with Gasteiger partial charge in [0.05, 0.1) is 23.8 Å². The van der Waals surface area contributed by atoms with Crippen LogP contribution in [0.25, 0.3) is 0 Å². The summed E-state index contributed by atoms with van der Waals surface area (Å²) in [5.74, 6) is -0.436. The zero-order valence-corrected chi connectivity index (χ0v) is 16.5. The molecule has 0 spiro atoms. The summed E-state index contributed by atoms with van der Waals surface area (Å²) in [6.07, 6.45) is -2.75. The van der Waals surface area contributed by atoms with E-state index in [1.165, 1.54) is 18.2 Å². The third-order valence-corrected chi connectivity index (χ3v) is 5.13. The van der Waals surface area contributed by atoms with Crippen molar-refractivity contribution in [3.05, 3.63) is 83.4 Å². The summed E-state index contributed by atoms with van der Waals surface area (Å²) in [7, 11) is 0. The minimum Gasteiger partial charge on any atom is -0.406 e. The van der Waals surface area contributed by atoms with E-state index in [4.69, 9.17) is 0 Å². The van der Waals surface area contributed by atoms with Gasteiger partial charge in [0.1, 0.15) is 5.75 Å². The van der Waals surface area contributed by atoms with E-state index in [1.807, 2.05) is 35.2 Å². The Morgan fingerprint density at radius 2 is 1.94 bits per heavy atom. The Bertz CT molecular complexity index is 1040. The highest BCUT2D eigenvalue weighted by atomic mass is 19.4. The summed E-state index contributed by atoms with van der Waals surface area (Å²) in [6.45, 7) is 1.12. The molecule has 162 valence electrons. The van der Waals surface area contributed by atoms with Crippen molar-refractivity contribution >= 4 is 5.91 Å². The molecule has 0 radical (unpaired) electrons. The zero-order chi connectivity index (χ0) is 21.8. The second-order valence-corrected chi connectivity index (χ2v) is 7.35. The molecule has 1 atom stereocenters. The topological polar surface area (TPSA) is 70.2 Å². The Labute approximate surface area is 177 Å². The molecule has 1 amide bonds. The van der Waals surface area contributed by atoms with Gasteiger partial charge in [0.15, 0.2) is 0 Å². The quantitative estimate of drug-likeness (QED) is 0.628. The molecule has 2 N–H and O–H groups in total. The van der Waals surface area contributed by atoms with Gasteiger partial charge >= 0.3 is 6.36 Å². The van der Waals surface area contributed by atoms with Crippen LogP contribution in [0.3, 0.4) is 0 Å². The number of carbonyl (C=O) groups excluding carboxylic acids is 1. The summed E-state index contributed by atoms with van der Waals surface area (Å²) in [5.41, 5.74) is 3.32. The number of imidazole rings is 1. The molecule has 6 nitrogen and oxygen atoms in total. The molecule has 31 heavy (non-hydrogen) atoms. The monoisotopic (exact) mass is 430 g/mol. The van der Waals surface area contributed by atoms with Crippen molar-refractivity contribution in [1.29, 1.82) is 0 Å². The highest BCUT2D eigenvalue weighted by Gasteiger charge is 2.34. The number of hydrogen-bond acceptors (Lipinski definition) is 4. The summed E-state index contributed by atoms with van der Waals surface area (Å²) < 4.78 is 41.7. The van der Waals surface area contributed by atoms with Gasteiger partial charge in [-0.3, -0.25) is 9.69 Å². The normalized spacial score (nSPS) is 16.5. The van der Waals surface area contributed by atoms with E-state index in [1.54, 1.807) is 12.4 Å². The van der Waals surface area contributed by atoms with Gasteiger partial charge in [0, 0.05) is 26.1 Å². The maximum absolute atomic E-state index is 13.0. The molecule has 0 saturated heterocycles. The van der Waals surface area contributed by atoms with Gasteiger partial charge in [0.2, 0.25) is 5.91 Å². The van der Waals surface area contributed by atoms with Crippen LogP contribution in [-0.2, 0) is 30.8 Å². The summed E-state index contributed by atoms with van der Waals surface area (Å²) in [4.78, 5) is 22.3. The standard InChI is InChI=1S/C22H21F3N4O2/c23-22(24,25)31-17-8-4-7-16(9-17)12-29-13-19-18(27-14-28-19)10-20(29)21(30)26-11-15-5-2-1-3-6-15/h1-9,14,20H,10-13H2,(H,26,30)(H,27,28). The van der Waals surface area contributed by atoms with E-state index in [2.05, 4.69) is 20.0 Å². The lowest BCUT2D eigenvalue weighted by Gasteiger charge is -2.34. The second-order valence-electron chi connectivity index (χ2n) is 7.35. The molecule has 1 aliphatic rings. The molecule has 0 fully saturated rings. The first kappa shape index (κ1) is 20.9. The lowest BCUT2D eigenvalue weighted by atomic mass is 10.0. The number of rotatable bonds is 6. The highest BCUT2D eigenvalue weighted by Crippen LogP contribution is 2.26. The van der Waals surface area contributed by atoms with Gasteiger partial charge in [-0.25, -0.2) is 4.98 Å². The Morgan fingerprint density at radius 1 is 1.16 bits per heavy atom. The first-order valence-electron chi connectivity index (χ1n) is 9.79. The molecule has 4 rings (SSSR count). The molecule has 1 aliphatic heterocycles. The molecule has 2 heterocycles. The molecule has 9 heteroatoms. The summed E-state index contributed by atoms with van der Waals surface area (Å²) in [6, 6.07) is 14.9. The number of halogens is 3. The number of alkyl halides is 3. The SMILES string of the molecule is O=C(NCc1ccccc1)C1Cc2nc[nH]c2CN1Cc1cccc(OC(F)(F)F)c1. The van der Waals surface area contributed by atoms with Crippen LogP contribution in [0.15, 0.2) is 60.9 Å². The lowest BCUT2D eigenvalue weighted by molar-refractivity contribution is -0.274. The maximum atomic E-state index is 13.0. The fourth-order valence-electron chi connectivity index (χ4n) is 3.69. The molecule has 1 aromatic heterocycles. The number of aromatic amines is 1. The van der Waals surface area contributed by atoms with Gasteiger partial charge in [-0.15, -0.1) is 13.2 Å². The van der Waals surface area contributed by atoms with Crippen LogP contribution in [0, 0.1) is 0 Å². The predicted molar refractivity (Wildman–Crippen MR) is 107 cm³/mol. The highest BCUT2D eigenvalue weighted by molar-refractivity contribution is 5.82. The van der Waals surface area contributed by atoms with Crippen LogP contribution in [0.1, 0.15) is 22.5 Å². The largest absolute Gasteiger partial charge is 0.573 e. The van der Waals surface area contributed by atoms with E-state index in [9.17, 15) is 18.0 Å². The van der Waals surface area contributed by atoms with Crippen molar-refractivity contribution in [1.82, 2.24) is 20.2 Å². The third-order valence-electron chi connectivity index (χ3n) is 5.13. The second kappa shape index (κ2) is 8.81. The van der Waals surface area contributed by atoms with Crippen LogP contribution in [-0.4, -0.2) is 33.2 Å². The van der Waals surface area contributed by atoms with Crippen molar-refractivity contribution < 1.29 is 22.7 Å². The number of amides is 1. The van der Waals surface area contributed by atoms with E-state index >= 15 is 0 Å². The smallest absolute Gasteiger partial charge is 0.406 e. The molecular weight excluding hydrogens is 409 g/mol. The van der Waals surface area contributed by atoms with E-state index in [0.29, 0.717) is 25.1 Å². The molecule has 3 aromatic rings. The minimum absolute atomic E-state index is 0.153. The van der Waals surface area contributed by atoms with E-state index < -0.39 is 12.4 Å². The number of benzene rings is 2. The average Bonchev–Trinajstić information content (AvgIpc) is 3.18. The van der Waals surface area contributed by atoms with Crippen molar-refractivity contribution in [2.75, 3.05) is 0 Å². The Balaban J connectivity index is 1.50. The van der Waals surface area contributed by atoms with Gasteiger partial charge < -0.3 is 15.0 Å². The Morgan fingerprint density at radius 3 is 2.71 bits per heavy atom. The number of hydrogen-bond donors (Lipinski definition) is 2.